The molecule has 1 aliphatic rings. The van der Waals surface area contributed by atoms with Crippen LogP contribution in [0.4, 0.5) is 5.69 Å². The summed E-state index contributed by atoms with van der Waals surface area (Å²) >= 11 is 0. The normalized spacial score (nSPS) is 11.5. The summed E-state index contributed by atoms with van der Waals surface area (Å²) in [5, 5.41) is 1.67. The molecule has 0 fully saturated rings. The smallest absolute Gasteiger partial charge is 0.154 e. The highest BCUT2D eigenvalue weighted by atomic mass is 16.5. The summed E-state index contributed by atoms with van der Waals surface area (Å²) < 4.78 is 5.76. The average molecular weight is 207 g/mol. The van der Waals surface area contributed by atoms with E-state index in [0.717, 1.165) is 27.8 Å². The van der Waals surface area contributed by atoms with Gasteiger partial charge in [0.1, 0.15) is 11.0 Å². The number of nitrogens with zero attached hydrogens (tertiary/aromatic N) is 1. The molecule has 3 rings (SSSR count). The third-order valence-corrected chi connectivity index (χ3v) is 2.51. The number of benzene rings is 2. The maximum absolute atomic E-state index is 5.76. The van der Waals surface area contributed by atoms with Crippen LogP contribution in [0.2, 0.25) is 0 Å². The molecule has 1 aliphatic heterocycles. The SMILES string of the molecule is C=C=c1cccc2c1=Nc1ccccc1O2. The van der Waals surface area contributed by atoms with Gasteiger partial charge in [-0.3, -0.25) is 0 Å². The van der Waals surface area contributed by atoms with Crippen LogP contribution in [0.5, 0.6) is 11.5 Å². The van der Waals surface area contributed by atoms with E-state index < -0.39 is 0 Å². The van der Waals surface area contributed by atoms with Gasteiger partial charge in [-0.25, -0.2) is 4.99 Å². The second-order valence-corrected chi connectivity index (χ2v) is 3.51. The average Bonchev–Trinajstić information content (AvgIpc) is 2.35. The molecule has 0 spiro atoms. The van der Waals surface area contributed by atoms with Gasteiger partial charge in [0, 0.05) is 5.22 Å². The van der Waals surface area contributed by atoms with Crippen molar-refractivity contribution in [2.75, 3.05) is 0 Å². The van der Waals surface area contributed by atoms with E-state index in [2.05, 4.69) is 17.3 Å². The molecule has 0 radical (unpaired) electrons. The highest BCUT2D eigenvalue weighted by Crippen LogP contribution is 2.32. The molecule has 76 valence electrons. The second-order valence-electron chi connectivity index (χ2n) is 3.51. The van der Waals surface area contributed by atoms with Crippen LogP contribution < -0.4 is 15.3 Å². The van der Waals surface area contributed by atoms with Crippen LogP contribution in [0.15, 0.2) is 54.0 Å². The van der Waals surface area contributed by atoms with Gasteiger partial charge in [-0.05, 0) is 24.3 Å². The molecule has 0 aliphatic carbocycles. The Kier molecular flexibility index (Phi) is 1.89. The van der Waals surface area contributed by atoms with Gasteiger partial charge >= 0.3 is 0 Å². The summed E-state index contributed by atoms with van der Waals surface area (Å²) in [5.74, 6) is 1.54. The maximum atomic E-state index is 5.76. The Balaban J connectivity index is 2.44. The number of fused-ring (bicyclic) bond motifs is 2. The van der Waals surface area contributed by atoms with Crippen LogP contribution in [-0.2, 0) is 0 Å². The zero-order valence-corrected chi connectivity index (χ0v) is 8.60. The van der Waals surface area contributed by atoms with Gasteiger partial charge in [-0.1, -0.05) is 24.8 Å². The highest BCUT2D eigenvalue weighted by Gasteiger charge is 2.11. The van der Waals surface area contributed by atoms with Crippen molar-refractivity contribution >= 4 is 11.4 Å². The lowest BCUT2D eigenvalue weighted by Crippen LogP contribution is -2.26. The minimum Gasteiger partial charge on any atom is -0.453 e. The minimum atomic E-state index is 0.757. The molecule has 2 heteroatoms. The summed E-state index contributed by atoms with van der Waals surface area (Å²) in [7, 11) is 0. The zero-order valence-electron chi connectivity index (χ0n) is 8.60. The summed E-state index contributed by atoms with van der Waals surface area (Å²) in [6.45, 7) is 3.65. The number of hydrogen-bond acceptors (Lipinski definition) is 2. The quantitative estimate of drug-likeness (QED) is 0.554. The van der Waals surface area contributed by atoms with E-state index >= 15 is 0 Å². The molecule has 0 N–H and O–H groups in total. The van der Waals surface area contributed by atoms with Crippen molar-refractivity contribution in [1.29, 1.82) is 0 Å². The molecular formula is C14H9NO. The van der Waals surface area contributed by atoms with Crippen molar-refractivity contribution in [3.63, 3.8) is 0 Å². The van der Waals surface area contributed by atoms with Gasteiger partial charge in [0.2, 0.25) is 0 Å². The molecule has 0 amide bonds. The van der Waals surface area contributed by atoms with Gasteiger partial charge in [0.25, 0.3) is 0 Å². The van der Waals surface area contributed by atoms with E-state index in [-0.39, 0.29) is 0 Å². The van der Waals surface area contributed by atoms with Crippen LogP contribution in [-0.4, -0.2) is 0 Å². The van der Waals surface area contributed by atoms with Crippen molar-refractivity contribution in [2.45, 2.75) is 0 Å². The Hall–Kier alpha value is -2.31. The first-order valence-electron chi connectivity index (χ1n) is 5.03. The van der Waals surface area contributed by atoms with E-state index in [0.29, 0.717) is 0 Å². The Morgan fingerprint density at radius 2 is 1.81 bits per heavy atom. The Bertz CT molecular complexity index is 697. The fourth-order valence-electron chi connectivity index (χ4n) is 1.74. The van der Waals surface area contributed by atoms with Gasteiger partial charge in [-0.15, -0.1) is 5.73 Å². The first kappa shape index (κ1) is 8.96. The van der Waals surface area contributed by atoms with Crippen LogP contribution in [0.1, 0.15) is 0 Å². The molecule has 0 saturated heterocycles. The lowest BCUT2D eigenvalue weighted by Gasteiger charge is -2.13. The van der Waals surface area contributed by atoms with Crippen LogP contribution in [0.25, 0.3) is 5.73 Å². The Morgan fingerprint density at radius 1 is 1.00 bits per heavy atom. The lowest BCUT2D eigenvalue weighted by molar-refractivity contribution is 0.469. The molecule has 0 saturated carbocycles. The number of para-hydroxylation sites is 3. The van der Waals surface area contributed by atoms with Crippen molar-refractivity contribution in [2.24, 2.45) is 4.99 Å². The monoisotopic (exact) mass is 207 g/mol. The van der Waals surface area contributed by atoms with E-state index in [1.807, 2.05) is 42.5 Å². The summed E-state index contributed by atoms with van der Waals surface area (Å²) in [5.41, 5.74) is 3.71. The maximum Gasteiger partial charge on any atom is 0.154 e. The van der Waals surface area contributed by atoms with Crippen molar-refractivity contribution < 1.29 is 4.74 Å². The third-order valence-electron chi connectivity index (χ3n) is 2.51. The highest BCUT2D eigenvalue weighted by molar-refractivity contribution is 5.55. The molecule has 0 unspecified atom stereocenters. The third kappa shape index (κ3) is 1.25. The topological polar surface area (TPSA) is 21.6 Å². The summed E-state index contributed by atoms with van der Waals surface area (Å²) in [6, 6.07) is 13.4. The van der Waals surface area contributed by atoms with Gasteiger partial charge in [-0.2, -0.15) is 0 Å². The predicted octanol–water partition coefficient (Wildman–Crippen LogP) is 2.31. The fourth-order valence-corrected chi connectivity index (χ4v) is 1.74. The van der Waals surface area contributed by atoms with Crippen LogP contribution in [0, 0.1) is 0 Å². The second kappa shape index (κ2) is 3.37. The Labute approximate surface area is 92.8 Å². The first-order valence-corrected chi connectivity index (χ1v) is 5.03. The molecule has 0 atom stereocenters. The van der Waals surface area contributed by atoms with Crippen molar-refractivity contribution in [3.8, 4) is 11.5 Å². The number of ether oxygens (including phenoxy) is 1. The lowest BCUT2D eigenvalue weighted by atomic mass is 10.2. The van der Waals surface area contributed by atoms with E-state index in [9.17, 15) is 0 Å². The largest absolute Gasteiger partial charge is 0.453 e. The molecule has 2 nitrogen and oxygen atoms in total. The fraction of sp³-hybridized carbons (Fsp3) is 0. The Morgan fingerprint density at radius 3 is 2.69 bits per heavy atom. The summed E-state index contributed by atoms with van der Waals surface area (Å²) in [4.78, 5) is 4.55. The molecule has 16 heavy (non-hydrogen) atoms. The number of rotatable bonds is 0. The molecule has 0 aromatic heterocycles. The standard InChI is InChI=1S/C14H9NO/c1-2-10-6-5-9-13-14(10)15-11-7-3-4-8-12(11)16-13/h3-9H,1H2. The van der Waals surface area contributed by atoms with Crippen LogP contribution in [0.3, 0.4) is 0 Å². The first-order chi connectivity index (χ1) is 7.88. The molecule has 0 bridgehead atoms. The van der Waals surface area contributed by atoms with Gasteiger partial charge in [0.15, 0.2) is 11.5 Å². The van der Waals surface area contributed by atoms with E-state index in [1.54, 1.807) is 0 Å². The van der Waals surface area contributed by atoms with E-state index in [4.69, 9.17) is 4.74 Å². The molecule has 1 heterocycles. The van der Waals surface area contributed by atoms with Gasteiger partial charge < -0.3 is 4.74 Å². The minimum absolute atomic E-state index is 0.757. The van der Waals surface area contributed by atoms with Crippen molar-refractivity contribution in [1.82, 2.24) is 0 Å². The molecule has 2 aromatic rings. The molecular weight excluding hydrogens is 198 g/mol. The van der Waals surface area contributed by atoms with E-state index in [1.165, 1.54) is 0 Å². The molecule has 2 aromatic carbocycles. The van der Waals surface area contributed by atoms with Gasteiger partial charge in [0.05, 0.1) is 0 Å². The zero-order chi connectivity index (χ0) is 11.0. The summed E-state index contributed by atoms with van der Waals surface area (Å²) in [6.07, 6.45) is 0. The van der Waals surface area contributed by atoms with Crippen LogP contribution >= 0.6 is 0 Å². The predicted molar refractivity (Wildman–Crippen MR) is 62.4 cm³/mol. The number of hydrogen-bond donors (Lipinski definition) is 0. The van der Waals surface area contributed by atoms with Crippen molar-refractivity contribution in [3.05, 3.63) is 59.6 Å².